The topological polar surface area (TPSA) is 91.1 Å². The van der Waals surface area contributed by atoms with E-state index in [1.807, 2.05) is 0 Å². The van der Waals surface area contributed by atoms with Crippen LogP contribution in [0, 0.1) is 17.2 Å². The minimum Gasteiger partial charge on any atom is -0.464 e. The molecule has 0 bridgehead atoms. The van der Waals surface area contributed by atoms with Crippen LogP contribution in [0.5, 0.6) is 0 Å². The summed E-state index contributed by atoms with van der Waals surface area (Å²) in [4.78, 5) is 23.2. The number of hydrogen-bond acceptors (Lipinski definition) is 7. The van der Waals surface area contributed by atoms with Gasteiger partial charge in [0.2, 0.25) is 0 Å². The summed E-state index contributed by atoms with van der Waals surface area (Å²) in [5.74, 6) is -0.496. The van der Waals surface area contributed by atoms with Crippen LogP contribution in [0.2, 0.25) is 0 Å². The van der Waals surface area contributed by atoms with Crippen LogP contribution in [-0.4, -0.2) is 48.7 Å². The number of anilines is 1. The van der Waals surface area contributed by atoms with Crippen molar-refractivity contribution in [1.82, 2.24) is 15.3 Å². The van der Waals surface area contributed by atoms with E-state index in [2.05, 4.69) is 26.3 Å². The molecule has 0 radical (unpaired) electrons. The average Bonchev–Trinajstić information content (AvgIpc) is 2.69. The lowest BCUT2D eigenvalue weighted by molar-refractivity contribution is -0.145. The van der Waals surface area contributed by atoms with Crippen LogP contribution in [0.4, 0.5) is 5.82 Å². The molecule has 1 aromatic rings. The van der Waals surface area contributed by atoms with Gasteiger partial charge in [0.1, 0.15) is 5.69 Å². The first-order valence-electron chi connectivity index (χ1n) is 9.12. The standard InChI is InChI=1S/C18H25N5O2/c19-12-15(18(24)25-13-14-4-2-1-3-5-14)16-17(22-7-6-21-16)23-10-8-20-9-11-23/h6-7,14-15,20H,1-5,8-11,13H2. The molecule has 1 aliphatic heterocycles. The van der Waals surface area contributed by atoms with Crippen molar-refractivity contribution in [3.63, 3.8) is 0 Å². The maximum atomic E-state index is 12.5. The van der Waals surface area contributed by atoms with E-state index in [0.717, 1.165) is 39.0 Å². The van der Waals surface area contributed by atoms with Crippen LogP contribution >= 0.6 is 0 Å². The summed E-state index contributed by atoms with van der Waals surface area (Å²) in [5, 5.41) is 12.8. The Morgan fingerprint density at radius 3 is 2.72 bits per heavy atom. The van der Waals surface area contributed by atoms with E-state index in [9.17, 15) is 10.1 Å². The number of carbonyl (C=O) groups is 1. The molecule has 2 heterocycles. The summed E-state index contributed by atoms with van der Waals surface area (Å²) in [6.45, 7) is 3.65. The third-order valence-electron chi connectivity index (χ3n) is 4.95. The van der Waals surface area contributed by atoms with Crippen LogP contribution in [-0.2, 0) is 9.53 Å². The van der Waals surface area contributed by atoms with Gasteiger partial charge in [-0.1, -0.05) is 19.3 Å². The molecule has 7 nitrogen and oxygen atoms in total. The second kappa shape index (κ2) is 8.77. The molecule has 1 saturated heterocycles. The van der Waals surface area contributed by atoms with Gasteiger partial charge in [0, 0.05) is 38.6 Å². The monoisotopic (exact) mass is 343 g/mol. The number of hydrogen-bond donors (Lipinski definition) is 1. The van der Waals surface area contributed by atoms with E-state index in [4.69, 9.17) is 4.74 Å². The Hall–Kier alpha value is -2.20. The minimum absolute atomic E-state index is 0.403. The van der Waals surface area contributed by atoms with E-state index in [1.54, 1.807) is 6.20 Å². The number of carbonyl (C=O) groups excluding carboxylic acids is 1. The van der Waals surface area contributed by atoms with Gasteiger partial charge in [-0.25, -0.2) is 4.98 Å². The molecule has 7 heteroatoms. The number of piperazine rings is 1. The van der Waals surface area contributed by atoms with Crippen molar-refractivity contribution in [3.8, 4) is 6.07 Å². The Kier molecular flexibility index (Phi) is 6.18. The van der Waals surface area contributed by atoms with Gasteiger partial charge < -0.3 is 15.0 Å². The molecule has 134 valence electrons. The van der Waals surface area contributed by atoms with Crippen molar-refractivity contribution in [1.29, 1.82) is 5.26 Å². The Bertz CT molecular complexity index is 618. The molecule has 1 N–H and O–H groups in total. The van der Waals surface area contributed by atoms with Gasteiger partial charge in [-0.05, 0) is 18.8 Å². The zero-order valence-corrected chi connectivity index (χ0v) is 14.5. The lowest BCUT2D eigenvalue weighted by atomic mass is 9.90. The van der Waals surface area contributed by atoms with Gasteiger partial charge in [-0.15, -0.1) is 0 Å². The summed E-state index contributed by atoms with van der Waals surface area (Å²) in [6.07, 6.45) is 8.98. The third-order valence-corrected chi connectivity index (χ3v) is 4.95. The van der Waals surface area contributed by atoms with E-state index in [0.29, 0.717) is 24.0 Å². The Morgan fingerprint density at radius 1 is 1.28 bits per heavy atom. The van der Waals surface area contributed by atoms with Crippen molar-refractivity contribution >= 4 is 11.8 Å². The minimum atomic E-state index is -1.03. The number of nitrogens with one attached hydrogen (secondary N) is 1. The first-order chi connectivity index (χ1) is 12.3. The summed E-state index contributed by atoms with van der Waals surface area (Å²) < 4.78 is 5.47. The van der Waals surface area contributed by atoms with Crippen LogP contribution in [0.1, 0.15) is 43.7 Å². The SMILES string of the molecule is N#CC(C(=O)OCC1CCCCC1)c1nccnc1N1CCNCC1. The van der Waals surface area contributed by atoms with Crippen molar-refractivity contribution < 1.29 is 9.53 Å². The Labute approximate surface area is 148 Å². The van der Waals surface area contributed by atoms with Crippen LogP contribution < -0.4 is 10.2 Å². The van der Waals surface area contributed by atoms with Crippen molar-refractivity contribution in [2.45, 2.75) is 38.0 Å². The van der Waals surface area contributed by atoms with Gasteiger partial charge in [-0.3, -0.25) is 9.78 Å². The molecule has 1 aromatic heterocycles. The second-order valence-electron chi connectivity index (χ2n) is 6.70. The number of nitriles is 1. The maximum Gasteiger partial charge on any atom is 0.329 e. The maximum absolute atomic E-state index is 12.5. The molecule has 2 aliphatic rings. The van der Waals surface area contributed by atoms with Gasteiger partial charge in [0.25, 0.3) is 0 Å². The first-order valence-corrected chi connectivity index (χ1v) is 9.12. The molecule has 1 aliphatic carbocycles. The van der Waals surface area contributed by atoms with E-state index < -0.39 is 11.9 Å². The predicted molar refractivity (Wildman–Crippen MR) is 93.0 cm³/mol. The number of nitrogens with zero attached hydrogens (tertiary/aromatic N) is 4. The molecule has 0 spiro atoms. The molecule has 1 unspecified atom stereocenters. The molecule has 0 amide bonds. The van der Waals surface area contributed by atoms with Crippen molar-refractivity contribution in [3.05, 3.63) is 18.1 Å². The van der Waals surface area contributed by atoms with Gasteiger partial charge >= 0.3 is 5.97 Å². The predicted octanol–water partition coefficient (Wildman–Crippen LogP) is 1.62. The largest absolute Gasteiger partial charge is 0.464 e. The highest BCUT2D eigenvalue weighted by Crippen LogP contribution is 2.27. The van der Waals surface area contributed by atoms with Gasteiger partial charge in [-0.2, -0.15) is 5.26 Å². The smallest absolute Gasteiger partial charge is 0.329 e. The van der Waals surface area contributed by atoms with Gasteiger partial charge in [0.05, 0.1) is 12.7 Å². The number of ether oxygens (including phenoxy) is 1. The van der Waals surface area contributed by atoms with Crippen LogP contribution in [0.15, 0.2) is 12.4 Å². The number of rotatable bonds is 5. The molecule has 1 saturated carbocycles. The highest BCUT2D eigenvalue weighted by molar-refractivity contribution is 5.82. The second-order valence-corrected chi connectivity index (χ2v) is 6.70. The summed E-state index contributed by atoms with van der Waals surface area (Å²) in [5.41, 5.74) is 0.403. The molecule has 2 fully saturated rings. The Morgan fingerprint density at radius 2 is 2.00 bits per heavy atom. The molecule has 25 heavy (non-hydrogen) atoms. The molecule has 1 atom stereocenters. The van der Waals surface area contributed by atoms with E-state index >= 15 is 0 Å². The molecule has 0 aromatic carbocycles. The summed E-state index contributed by atoms with van der Waals surface area (Å²) in [7, 11) is 0. The first kappa shape index (κ1) is 17.6. The quantitative estimate of drug-likeness (QED) is 0.812. The zero-order valence-electron chi connectivity index (χ0n) is 14.5. The fourth-order valence-corrected chi connectivity index (χ4v) is 3.53. The van der Waals surface area contributed by atoms with Gasteiger partial charge in [0.15, 0.2) is 11.7 Å². The summed E-state index contributed by atoms with van der Waals surface area (Å²) in [6, 6.07) is 2.07. The fraction of sp³-hybridized carbons (Fsp3) is 0.667. The fourth-order valence-electron chi connectivity index (χ4n) is 3.53. The number of aromatic nitrogens is 2. The van der Waals surface area contributed by atoms with Crippen molar-refractivity contribution in [2.24, 2.45) is 5.92 Å². The lowest BCUT2D eigenvalue weighted by Gasteiger charge is -2.30. The Balaban J connectivity index is 1.69. The highest BCUT2D eigenvalue weighted by Gasteiger charge is 2.30. The molecular weight excluding hydrogens is 318 g/mol. The average molecular weight is 343 g/mol. The summed E-state index contributed by atoms with van der Waals surface area (Å²) >= 11 is 0. The molecule has 3 rings (SSSR count). The van der Waals surface area contributed by atoms with Crippen molar-refractivity contribution in [2.75, 3.05) is 37.7 Å². The van der Waals surface area contributed by atoms with Crippen LogP contribution in [0.3, 0.4) is 0 Å². The highest BCUT2D eigenvalue weighted by atomic mass is 16.5. The number of esters is 1. The normalized spacial score (nSPS) is 19.9. The van der Waals surface area contributed by atoms with E-state index in [-0.39, 0.29) is 0 Å². The van der Waals surface area contributed by atoms with Crippen LogP contribution in [0.25, 0.3) is 0 Å². The zero-order chi connectivity index (χ0) is 17.5. The lowest BCUT2D eigenvalue weighted by Crippen LogP contribution is -2.44. The third kappa shape index (κ3) is 4.45. The molecular formula is C18H25N5O2. The van der Waals surface area contributed by atoms with E-state index in [1.165, 1.54) is 25.5 Å².